The van der Waals surface area contributed by atoms with Gasteiger partial charge in [-0.1, -0.05) is 0 Å². The van der Waals surface area contributed by atoms with E-state index in [2.05, 4.69) is 20.2 Å². The third kappa shape index (κ3) is 3.43. The molecule has 1 aliphatic heterocycles. The molecular weight excluding hydrogens is 428 g/mol. The molecule has 0 saturated carbocycles. The van der Waals surface area contributed by atoms with Crippen molar-refractivity contribution in [2.24, 2.45) is 0 Å². The molecule has 11 heteroatoms. The second-order valence-electron chi connectivity index (χ2n) is 7.91. The lowest BCUT2D eigenvalue weighted by Gasteiger charge is -2.31. The van der Waals surface area contributed by atoms with Crippen molar-refractivity contribution < 1.29 is 22.4 Å². The van der Waals surface area contributed by atoms with E-state index in [1.165, 1.54) is 12.1 Å². The molecule has 0 spiro atoms. The first-order chi connectivity index (χ1) is 15.2. The van der Waals surface area contributed by atoms with Gasteiger partial charge in [0.25, 0.3) is 5.91 Å². The van der Waals surface area contributed by atoms with E-state index in [-0.39, 0.29) is 34.4 Å². The Morgan fingerprint density at radius 3 is 2.62 bits per heavy atom. The van der Waals surface area contributed by atoms with Gasteiger partial charge >= 0.3 is 6.18 Å². The Hall–Kier alpha value is -3.63. The van der Waals surface area contributed by atoms with Crippen LogP contribution in [0.2, 0.25) is 0 Å². The number of piperidine rings is 1. The van der Waals surface area contributed by atoms with Crippen LogP contribution in [0.5, 0.6) is 0 Å². The van der Waals surface area contributed by atoms with Gasteiger partial charge in [-0.05, 0) is 43.2 Å². The smallest absolute Gasteiger partial charge is 0.383 e. The lowest BCUT2D eigenvalue weighted by molar-refractivity contribution is -0.136. The lowest BCUT2D eigenvalue weighted by atomic mass is 9.91. The number of anilines is 1. The van der Waals surface area contributed by atoms with E-state index < -0.39 is 17.6 Å². The summed E-state index contributed by atoms with van der Waals surface area (Å²) in [6.07, 6.45) is -3.69. The van der Waals surface area contributed by atoms with Gasteiger partial charge in [-0.25, -0.2) is 9.37 Å². The number of likely N-dealkylation sites (tertiary alicyclic amines) is 1. The van der Waals surface area contributed by atoms with E-state index in [1.54, 1.807) is 17.0 Å². The summed E-state index contributed by atoms with van der Waals surface area (Å²) in [6.45, 7) is 0.716. The van der Waals surface area contributed by atoms with Crippen molar-refractivity contribution in [3.05, 3.63) is 53.1 Å². The van der Waals surface area contributed by atoms with Crippen LogP contribution >= 0.6 is 0 Å². The van der Waals surface area contributed by atoms with Crippen LogP contribution < -0.4 is 5.73 Å². The quantitative estimate of drug-likeness (QED) is 0.402. The summed E-state index contributed by atoms with van der Waals surface area (Å²) in [5.74, 6) is -1.07. The van der Waals surface area contributed by atoms with Gasteiger partial charge in [-0.2, -0.15) is 18.3 Å². The van der Waals surface area contributed by atoms with Crippen molar-refractivity contribution in [3.8, 4) is 0 Å². The number of fused-ring (bicyclic) bond motifs is 2. The van der Waals surface area contributed by atoms with Gasteiger partial charge in [-0.3, -0.25) is 9.89 Å². The van der Waals surface area contributed by atoms with Gasteiger partial charge < -0.3 is 15.6 Å². The van der Waals surface area contributed by atoms with Crippen LogP contribution in [-0.4, -0.2) is 44.1 Å². The number of alkyl halides is 3. The zero-order valence-corrected chi connectivity index (χ0v) is 16.6. The number of carbonyl (C=O) groups is 1. The standard InChI is InChI=1S/C21H18F4N6O/c22-12-2-1-11-7-16(27-14(11)8-12)20(32)31-5-3-10(4-6-31)15-9-13(21(23,24)25)17-18(26)29-30-19(17)28-15/h1-2,7-10,27H,3-6H2,(H3,26,28,29,30). The number of carbonyl (C=O) groups excluding carboxylic acids is 1. The maximum absolute atomic E-state index is 13.6. The fraction of sp³-hybridized carbons (Fsp3) is 0.286. The number of H-pyrrole nitrogens is 2. The van der Waals surface area contributed by atoms with Crippen molar-refractivity contribution >= 4 is 33.7 Å². The number of halogens is 4. The van der Waals surface area contributed by atoms with Crippen molar-refractivity contribution in [3.63, 3.8) is 0 Å². The van der Waals surface area contributed by atoms with Crippen LogP contribution in [0, 0.1) is 5.82 Å². The number of nitrogens with one attached hydrogen (secondary N) is 2. The molecule has 4 heterocycles. The minimum Gasteiger partial charge on any atom is -0.383 e. The highest BCUT2D eigenvalue weighted by molar-refractivity contribution is 5.98. The summed E-state index contributed by atoms with van der Waals surface area (Å²) in [7, 11) is 0. The number of benzene rings is 1. The molecule has 166 valence electrons. The predicted molar refractivity (Wildman–Crippen MR) is 109 cm³/mol. The molecule has 1 aromatic carbocycles. The number of aromatic nitrogens is 4. The second-order valence-corrected chi connectivity index (χ2v) is 7.91. The Labute approximate surface area is 178 Å². The molecule has 1 amide bonds. The number of aromatic amines is 2. The molecule has 1 fully saturated rings. The first-order valence-electron chi connectivity index (χ1n) is 10.00. The van der Waals surface area contributed by atoms with Gasteiger partial charge in [-0.15, -0.1) is 0 Å². The van der Waals surface area contributed by atoms with Crippen LogP contribution in [0.3, 0.4) is 0 Å². The molecule has 4 aromatic rings. The van der Waals surface area contributed by atoms with Crippen LogP contribution in [0.15, 0.2) is 30.3 Å². The van der Waals surface area contributed by atoms with E-state index in [1.807, 2.05) is 0 Å². The predicted octanol–water partition coefficient (Wildman–Crippen LogP) is 4.20. The molecule has 7 nitrogen and oxygen atoms in total. The summed E-state index contributed by atoms with van der Waals surface area (Å²) < 4.78 is 54.2. The normalized spacial score (nSPS) is 15.7. The van der Waals surface area contributed by atoms with Crippen LogP contribution in [0.25, 0.3) is 21.9 Å². The minimum absolute atomic E-state index is 0.0730. The number of hydrogen-bond donors (Lipinski definition) is 3. The summed E-state index contributed by atoms with van der Waals surface area (Å²) in [5.41, 5.74) is 5.83. The number of rotatable bonds is 2. The van der Waals surface area contributed by atoms with E-state index >= 15 is 0 Å². The highest BCUT2D eigenvalue weighted by Crippen LogP contribution is 2.39. The average Bonchev–Trinajstić information content (AvgIpc) is 3.35. The van der Waals surface area contributed by atoms with Crippen molar-refractivity contribution in [1.82, 2.24) is 25.1 Å². The maximum atomic E-state index is 13.6. The molecule has 5 rings (SSSR count). The Balaban J connectivity index is 1.36. The monoisotopic (exact) mass is 446 g/mol. The fourth-order valence-corrected chi connectivity index (χ4v) is 4.26. The Kier molecular flexibility index (Phi) is 4.57. The molecule has 0 atom stereocenters. The van der Waals surface area contributed by atoms with Gasteiger partial charge in [0.05, 0.1) is 10.9 Å². The van der Waals surface area contributed by atoms with Gasteiger partial charge in [0.15, 0.2) is 5.65 Å². The third-order valence-electron chi connectivity index (χ3n) is 5.89. The van der Waals surface area contributed by atoms with Crippen LogP contribution in [0.1, 0.15) is 40.5 Å². The van der Waals surface area contributed by atoms with Crippen LogP contribution in [0.4, 0.5) is 23.4 Å². The van der Waals surface area contributed by atoms with E-state index in [4.69, 9.17) is 5.73 Å². The van der Waals surface area contributed by atoms with Crippen molar-refractivity contribution in [1.29, 1.82) is 0 Å². The van der Waals surface area contributed by atoms with Crippen LogP contribution in [-0.2, 0) is 6.18 Å². The van der Waals surface area contributed by atoms with Crippen molar-refractivity contribution in [2.75, 3.05) is 18.8 Å². The Bertz CT molecular complexity index is 1330. The first kappa shape index (κ1) is 20.3. The fourth-order valence-electron chi connectivity index (χ4n) is 4.26. The number of hydrogen-bond acceptors (Lipinski definition) is 4. The third-order valence-corrected chi connectivity index (χ3v) is 5.89. The summed E-state index contributed by atoms with van der Waals surface area (Å²) >= 11 is 0. The molecular formula is C21H18F4N6O. The number of amides is 1. The highest BCUT2D eigenvalue weighted by atomic mass is 19.4. The molecule has 3 aromatic heterocycles. The molecule has 32 heavy (non-hydrogen) atoms. The van der Waals surface area contributed by atoms with Gasteiger partial charge in [0.2, 0.25) is 0 Å². The summed E-state index contributed by atoms with van der Waals surface area (Å²) in [6, 6.07) is 6.92. The SMILES string of the molecule is Nc1[nH]nc2nc(C3CCN(C(=O)c4cc5ccc(F)cc5[nH]4)CC3)cc(C(F)(F)F)c12. The minimum atomic E-state index is -4.60. The van der Waals surface area contributed by atoms with E-state index in [0.717, 1.165) is 11.5 Å². The van der Waals surface area contributed by atoms with E-state index in [9.17, 15) is 22.4 Å². The summed E-state index contributed by atoms with van der Waals surface area (Å²) in [5, 5.41) is 6.65. The average molecular weight is 446 g/mol. The zero-order chi connectivity index (χ0) is 22.6. The zero-order valence-electron chi connectivity index (χ0n) is 16.6. The number of nitrogens with zero attached hydrogens (tertiary/aromatic N) is 3. The molecule has 0 bridgehead atoms. The van der Waals surface area contributed by atoms with Gasteiger partial charge in [0, 0.05) is 35.6 Å². The molecule has 0 aliphatic carbocycles. The van der Waals surface area contributed by atoms with E-state index in [0.29, 0.717) is 37.1 Å². The largest absolute Gasteiger partial charge is 0.417 e. The number of nitrogens with two attached hydrogens (primary N) is 1. The Morgan fingerprint density at radius 2 is 1.91 bits per heavy atom. The number of pyridine rings is 1. The molecule has 0 unspecified atom stereocenters. The lowest BCUT2D eigenvalue weighted by Crippen LogP contribution is -2.38. The molecule has 1 saturated heterocycles. The first-order valence-corrected chi connectivity index (χ1v) is 10.00. The number of nitrogen functional groups attached to an aromatic ring is 1. The topological polar surface area (TPSA) is 104 Å². The molecule has 1 aliphatic rings. The van der Waals surface area contributed by atoms with Gasteiger partial charge in [0.1, 0.15) is 17.3 Å². The maximum Gasteiger partial charge on any atom is 0.417 e. The highest BCUT2D eigenvalue weighted by Gasteiger charge is 2.36. The second kappa shape index (κ2) is 7.21. The molecule has 4 N–H and O–H groups in total. The molecule has 0 radical (unpaired) electrons. The summed E-state index contributed by atoms with van der Waals surface area (Å²) in [4.78, 5) is 21.7. The van der Waals surface area contributed by atoms with Crippen molar-refractivity contribution in [2.45, 2.75) is 24.9 Å². The Morgan fingerprint density at radius 1 is 1.16 bits per heavy atom.